The van der Waals surface area contributed by atoms with Crippen LogP contribution in [0.2, 0.25) is 0 Å². The number of phenols is 1. The maximum Gasteiger partial charge on any atom is 0.252 e. The number of hydrogen-bond acceptors (Lipinski definition) is 3. The number of benzene rings is 1. The molecule has 0 saturated heterocycles. The molecular formula is C15H17NO3. The second-order valence-electron chi connectivity index (χ2n) is 4.64. The van der Waals surface area contributed by atoms with Gasteiger partial charge >= 0.3 is 0 Å². The van der Waals surface area contributed by atoms with Crippen molar-refractivity contribution in [1.82, 2.24) is 5.32 Å². The van der Waals surface area contributed by atoms with E-state index in [1.807, 2.05) is 26.0 Å². The topological polar surface area (TPSA) is 62.5 Å². The third-order valence-corrected chi connectivity index (χ3v) is 2.99. The third-order valence-electron chi connectivity index (χ3n) is 2.99. The number of hydrogen-bond donors (Lipinski definition) is 2. The SMILES string of the molecule is Cc1ccc(C(C)NC(=O)c2ccc(O)cc2C)o1. The third kappa shape index (κ3) is 2.96. The first-order valence-electron chi connectivity index (χ1n) is 6.14. The molecule has 0 aliphatic rings. The van der Waals surface area contributed by atoms with E-state index in [2.05, 4.69) is 5.32 Å². The first-order chi connectivity index (χ1) is 8.97. The van der Waals surface area contributed by atoms with Crippen molar-refractivity contribution in [2.75, 3.05) is 0 Å². The first kappa shape index (κ1) is 13.2. The molecule has 1 aromatic carbocycles. The van der Waals surface area contributed by atoms with Gasteiger partial charge in [0.25, 0.3) is 5.91 Å². The Hall–Kier alpha value is -2.23. The zero-order valence-electron chi connectivity index (χ0n) is 11.2. The van der Waals surface area contributed by atoms with Gasteiger partial charge in [-0.25, -0.2) is 0 Å². The molecule has 1 aromatic heterocycles. The molecule has 0 spiro atoms. The quantitative estimate of drug-likeness (QED) is 0.890. The summed E-state index contributed by atoms with van der Waals surface area (Å²) in [7, 11) is 0. The van der Waals surface area contributed by atoms with E-state index in [0.717, 1.165) is 17.1 Å². The molecular weight excluding hydrogens is 242 g/mol. The number of phenolic OH excluding ortho intramolecular Hbond substituents is 1. The molecule has 0 aliphatic carbocycles. The van der Waals surface area contributed by atoms with Crippen molar-refractivity contribution >= 4 is 5.91 Å². The molecule has 2 aromatic rings. The zero-order valence-corrected chi connectivity index (χ0v) is 11.2. The Morgan fingerprint density at radius 1 is 1.26 bits per heavy atom. The summed E-state index contributed by atoms with van der Waals surface area (Å²) < 4.78 is 5.48. The molecule has 0 fully saturated rings. The largest absolute Gasteiger partial charge is 0.508 e. The molecule has 2 rings (SSSR count). The maximum absolute atomic E-state index is 12.1. The van der Waals surface area contributed by atoms with Crippen molar-refractivity contribution in [2.45, 2.75) is 26.8 Å². The summed E-state index contributed by atoms with van der Waals surface area (Å²) in [4.78, 5) is 12.1. The van der Waals surface area contributed by atoms with Crippen LogP contribution in [0.4, 0.5) is 0 Å². The molecule has 4 nitrogen and oxygen atoms in total. The van der Waals surface area contributed by atoms with Crippen molar-refractivity contribution in [3.63, 3.8) is 0 Å². The summed E-state index contributed by atoms with van der Waals surface area (Å²) >= 11 is 0. The predicted octanol–water partition coefficient (Wildman–Crippen LogP) is 3.09. The van der Waals surface area contributed by atoms with E-state index in [1.54, 1.807) is 19.1 Å². The summed E-state index contributed by atoms with van der Waals surface area (Å²) in [5.74, 6) is 1.52. The summed E-state index contributed by atoms with van der Waals surface area (Å²) in [6, 6.07) is 8.20. The van der Waals surface area contributed by atoms with Gasteiger partial charge in [-0.1, -0.05) is 0 Å². The predicted molar refractivity (Wildman–Crippen MR) is 72.2 cm³/mol. The van der Waals surface area contributed by atoms with Gasteiger partial charge in [-0.2, -0.15) is 0 Å². The second kappa shape index (κ2) is 5.18. The Balaban J connectivity index is 2.12. The lowest BCUT2D eigenvalue weighted by molar-refractivity contribution is 0.0934. The summed E-state index contributed by atoms with van der Waals surface area (Å²) in [5.41, 5.74) is 1.29. The van der Waals surface area contributed by atoms with E-state index in [0.29, 0.717) is 5.56 Å². The fourth-order valence-electron chi connectivity index (χ4n) is 1.93. The van der Waals surface area contributed by atoms with Crippen LogP contribution in [0.15, 0.2) is 34.7 Å². The fourth-order valence-corrected chi connectivity index (χ4v) is 1.93. The summed E-state index contributed by atoms with van der Waals surface area (Å²) in [6.45, 7) is 5.52. The van der Waals surface area contributed by atoms with E-state index in [4.69, 9.17) is 4.42 Å². The minimum atomic E-state index is -0.200. The lowest BCUT2D eigenvalue weighted by atomic mass is 10.1. The van der Waals surface area contributed by atoms with E-state index in [9.17, 15) is 9.90 Å². The lowest BCUT2D eigenvalue weighted by Gasteiger charge is -2.13. The molecule has 0 aliphatic heterocycles. The molecule has 4 heteroatoms. The fraction of sp³-hybridized carbons (Fsp3) is 0.267. The summed E-state index contributed by atoms with van der Waals surface area (Å²) in [6.07, 6.45) is 0. The molecule has 2 N–H and O–H groups in total. The van der Waals surface area contributed by atoms with Gasteiger partial charge in [0.2, 0.25) is 0 Å². The number of nitrogens with one attached hydrogen (secondary N) is 1. The molecule has 0 bridgehead atoms. The van der Waals surface area contributed by atoms with Gasteiger partial charge < -0.3 is 14.8 Å². The number of rotatable bonds is 3. The highest BCUT2D eigenvalue weighted by atomic mass is 16.3. The van der Waals surface area contributed by atoms with E-state index in [-0.39, 0.29) is 17.7 Å². The van der Waals surface area contributed by atoms with Crippen molar-refractivity contribution in [1.29, 1.82) is 0 Å². The van der Waals surface area contributed by atoms with Crippen LogP contribution in [0.5, 0.6) is 5.75 Å². The van der Waals surface area contributed by atoms with E-state index < -0.39 is 0 Å². The van der Waals surface area contributed by atoms with Crippen LogP contribution >= 0.6 is 0 Å². The molecule has 0 saturated carbocycles. The normalized spacial score (nSPS) is 12.2. The van der Waals surface area contributed by atoms with Crippen molar-refractivity contribution in [3.05, 3.63) is 53.0 Å². The number of carbonyl (C=O) groups is 1. The van der Waals surface area contributed by atoms with Crippen molar-refractivity contribution in [2.24, 2.45) is 0 Å². The monoisotopic (exact) mass is 259 g/mol. The smallest absolute Gasteiger partial charge is 0.252 e. The number of aromatic hydroxyl groups is 1. The number of aryl methyl sites for hydroxylation is 2. The van der Waals surface area contributed by atoms with Gasteiger partial charge in [0.1, 0.15) is 17.3 Å². The lowest BCUT2D eigenvalue weighted by Crippen LogP contribution is -2.26. The Morgan fingerprint density at radius 2 is 2.00 bits per heavy atom. The Morgan fingerprint density at radius 3 is 2.58 bits per heavy atom. The van der Waals surface area contributed by atoms with Gasteiger partial charge in [0.05, 0.1) is 6.04 Å². The highest BCUT2D eigenvalue weighted by molar-refractivity contribution is 5.96. The average molecular weight is 259 g/mol. The molecule has 0 radical (unpaired) electrons. The second-order valence-corrected chi connectivity index (χ2v) is 4.64. The van der Waals surface area contributed by atoms with Gasteiger partial charge in [-0.15, -0.1) is 0 Å². The van der Waals surface area contributed by atoms with Gasteiger partial charge in [-0.05, 0) is 56.7 Å². The molecule has 19 heavy (non-hydrogen) atoms. The molecule has 1 heterocycles. The number of carbonyl (C=O) groups excluding carboxylic acids is 1. The van der Waals surface area contributed by atoms with Crippen LogP contribution < -0.4 is 5.32 Å². The molecule has 1 amide bonds. The number of amides is 1. The highest BCUT2D eigenvalue weighted by Gasteiger charge is 2.15. The van der Waals surface area contributed by atoms with Gasteiger partial charge in [0, 0.05) is 5.56 Å². The average Bonchev–Trinajstić information content (AvgIpc) is 2.75. The van der Waals surface area contributed by atoms with Crippen LogP contribution in [0.3, 0.4) is 0 Å². The van der Waals surface area contributed by atoms with Crippen LogP contribution in [0.1, 0.15) is 40.4 Å². The van der Waals surface area contributed by atoms with Crippen LogP contribution in [-0.4, -0.2) is 11.0 Å². The van der Waals surface area contributed by atoms with Gasteiger partial charge in [-0.3, -0.25) is 4.79 Å². The van der Waals surface area contributed by atoms with Crippen LogP contribution in [0.25, 0.3) is 0 Å². The minimum absolute atomic E-state index is 0.156. The maximum atomic E-state index is 12.1. The molecule has 1 atom stereocenters. The zero-order chi connectivity index (χ0) is 14.0. The van der Waals surface area contributed by atoms with Crippen molar-refractivity contribution in [3.8, 4) is 5.75 Å². The Kier molecular flexibility index (Phi) is 3.60. The summed E-state index contributed by atoms with van der Waals surface area (Å²) in [5, 5.41) is 12.2. The first-order valence-corrected chi connectivity index (χ1v) is 6.14. The standard InChI is InChI=1S/C15H17NO3/c1-9-8-12(17)5-6-13(9)15(18)16-11(3)14-7-4-10(2)19-14/h4-8,11,17H,1-3H3,(H,16,18). The van der Waals surface area contributed by atoms with Gasteiger partial charge in [0.15, 0.2) is 0 Å². The van der Waals surface area contributed by atoms with E-state index in [1.165, 1.54) is 6.07 Å². The molecule has 1 unspecified atom stereocenters. The molecule has 100 valence electrons. The van der Waals surface area contributed by atoms with Crippen LogP contribution in [-0.2, 0) is 0 Å². The van der Waals surface area contributed by atoms with Crippen molar-refractivity contribution < 1.29 is 14.3 Å². The van der Waals surface area contributed by atoms with E-state index >= 15 is 0 Å². The highest BCUT2D eigenvalue weighted by Crippen LogP contribution is 2.19. The Labute approximate surface area is 112 Å². The minimum Gasteiger partial charge on any atom is -0.508 e. The number of furan rings is 1. The Bertz CT molecular complexity index is 601. The van der Waals surface area contributed by atoms with Crippen LogP contribution in [0, 0.1) is 13.8 Å².